The Bertz CT molecular complexity index is 848. The first kappa shape index (κ1) is 14.4. The molecule has 0 aliphatic carbocycles. The molecule has 4 nitrogen and oxygen atoms in total. The molecule has 0 N–H and O–H groups in total. The summed E-state index contributed by atoms with van der Waals surface area (Å²) in [7, 11) is 1.61. The van der Waals surface area contributed by atoms with E-state index in [0.29, 0.717) is 5.75 Å². The van der Waals surface area contributed by atoms with Crippen molar-refractivity contribution in [3.63, 3.8) is 0 Å². The lowest BCUT2D eigenvalue weighted by Gasteiger charge is -2.07. The number of ether oxygens (including phenoxy) is 2. The molecule has 0 fully saturated rings. The molecule has 2 aromatic carbocycles. The second kappa shape index (κ2) is 6.03. The van der Waals surface area contributed by atoms with E-state index in [1.165, 1.54) is 6.20 Å². The van der Waals surface area contributed by atoms with Crippen molar-refractivity contribution in [3.8, 4) is 11.5 Å². The van der Waals surface area contributed by atoms with Gasteiger partial charge in [-0.05, 0) is 47.2 Å². The second-order valence-electron chi connectivity index (χ2n) is 4.61. The van der Waals surface area contributed by atoms with E-state index in [1.807, 2.05) is 24.3 Å². The SMILES string of the molecule is COc1ccc2ccc(OC(=O)c3cccnc3Cl)cc2c1. The molecule has 0 unspecified atom stereocenters. The molecule has 1 heterocycles. The lowest BCUT2D eigenvalue weighted by Crippen LogP contribution is -2.09. The number of rotatable bonds is 3. The third-order valence-electron chi connectivity index (χ3n) is 3.21. The van der Waals surface area contributed by atoms with Gasteiger partial charge < -0.3 is 9.47 Å². The highest BCUT2D eigenvalue weighted by Gasteiger charge is 2.13. The first-order valence-electron chi connectivity index (χ1n) is 6.58. The fraction of sp³-hybridized carbons (Fsp3) is 0.0588. The van der Waals surface area contributed by atoms with Crippen molar-refractivity contribution in [2.24, 2.45) is 0 Å². The molecule has 0 bridgehead atoms. The number of nitrogens with zero attached hydrogens (tertiary/aromatic N) is 1. The minimum atomic E-state index is -0.541. The molecule has 0 saturated heterocycles. The van der Waals surface area contributed by atoms with Gasteiger partial charge in [0.2, 0.25) is 0 Å². The molecule has 0 saturated carbocycles. The molecule has 0 amide bonds. The predicted octanol–water partition coefficient (Wildman–Crippen LogP) is 4.12. The van der Waals surface area contributed by atoms with E-state index < -0.39 is 5.97 Å². The first-order chi connectivity index (χ1) is 10.7. The molecule has 0 spiro atoms. The van der Waals surface area contributed by atoms with Crippen LogP contribution in [0.25, 0.3) is 10.8 Å². The van der Waals surface area contributed by atoms with Crippen LogP contribution in [0.2, 0.25) is 5.15 Å². The van der Waals surface area contributed by atoms with Crippen LogP contribution in [0.3, 0.4) is 0 Å². The zero-order chi connectivity index (χ0) is 15.5. The molecule has 3 aromatic rings. The number of esters is 1. The Labute approximate surface area is 132 Å². The number of halogens is 1. The van der Waals surface area contributed by atoms with Crippen LogP contribution in [0.4, 0.5) is 0 Å². The number of carbonyl (C=O) groups is 1. The number of hydrogen-bond donors (Lipinski definition) is 0. The van der Waals surface area contributed by atoms with Gasteiger partial charge in [-0.25, -0.2) is 9.78 Å². The minimum Gasteiger partial charge on any atom is -0.497 e. The molecule has 5 heteroatoms. The predicted molar refractivity (Wildman–Crippen MR) is 84.7 cm³/mol. The number of aromatic nitrogens is 1. The van der Waals surface area contributed by atoms with Crippen molar-refractivity contribution in [2.75, 3.05) is 7.11 Å². The molecule has 0 atom stereocenters. The number of hydrogen-bond acceptors (Lipinski definition) is 4. The highest BCUT2D eigenvalue weighted by atomic mass is 35.5. The summed E-state index contributed by atoms with van der Waals surface area (Å²) in [5.74, 6) is 0.636. The van der Waals surface area contributed by atoms with E-state index in [4.69, 9.17) is 21.1 Å². The Hall–Kier alpha value is -2.59. The van der Waals surface area contributed by atoms with Crippen LogP contribution in [0.5, 0.6) is 11.5 Å². The van der Waals surface area contributed by atoms with E-state index in [-0.39, 0.29) is 10.7 Å². The number of fused-ring (bicyclic) bond motifs is 1. The van der Waals surface area contributed by atoms with Gasteiger partial charge in [0, 0.05) is 6.20 Å². The number of benzene rings is 2. The van der Waals surface area contributed by atoms with Crippen molar-refractivity contribution >= 4 is 28.3 Å². The van der Waals surface area contributed by atoms with Gasteiger partial charge in [0.1, 0.15) is 16.7 Å². The zero-order valence-corrected chi connectivity index (χ0v) is 12.5. The van der Waals surface area contributed by atoms with Crippen LogP contribution in [-0.2, 0) is 0 Å². The van der Waals surface area contributed by atoms with Crippen molar-refractivity contribution in [2.45, 2.75) is 0 Å². The average Bonchev–Trinajstić information content (AvgIpc) is 2.54. The molecule has 0 radical (unpaired) electrons. The molecule has 0 aliphatic heterocycles. The fourth-order valence-electron chi connectivity index (χ4n) is 2.09. The number of pyridine rings is 1. The van der Waals surface area contributed by atoms with Crippen LogP contribution in [0.1, 0.15) is 10.4 Å². The lowest BCUT2D eigenvalue weighted by atomic mass is 10.1. The third-order valence-corrected chi connectivity index (χ3v) is 3.51. The molecule has 1 aromatic heterocycles. The zero-order valence-electron chi connectivity index (χ0n) is 11.7. The summed E-state index contributed by atoms with van der Waals surface area (Å²) >= 11 is 5.89. The van der Waals surface area contributed by atoms with Crippen LogP contribution in [0.15, 0.2) is 54.7 Å². The Kier molecular flexibility index (Phi) is 3.94. The van der Waals surface area contributed by atoms with Gasteiger partial charge in [-0.3, -0.25) is 0 Å². The molecule has 110 valence electrons. The van der Waals surface area contributed by atoms with Crippen LogP contribution in [-0.4, -0.2) is 18.1 Å². The third kappa shape index (κ3) is 2.87. The first-order valence-corrected chi connectivity index (χ1v) is 6.95. The topological polar surface area (TPSA) is 48.4 Å². The molecule has 0 aliphatic rings. The largest absolute Gasteiger partial charge is 0.497 e. The molecule has 3 rings (SSSR count). The summed E-state index contributed by atoms with van der Waals surface area (Å²) in [6.07, 6.45) is 1.52. The van der Waals surface area contributed by atoms with Crippen LogP contribution in [0, 0.1) is 0 Å². The van der Waals surface area contributed by atoms with Gasteiger partial charge in [-0.15, -0.1) is 0 Å². The quantitative estimate of drug-likeness (QED) is 0.414. The van der Waals surface area contributed by atoms with E-state index in [2.05, 4.69) is 4.98 Å². The van der Waals surface area contributed by atoms with Crippen molar-refractivity contribution in [3.05, 3.63) is 65.4 Å². The summed E-state index contributed by atoms with van der Waals surface area (Å²) in [5, 5.41) is 2.07. The van der Waals surface area contributed by atoms with Crippen LogP contribution < -0.4 is 9.47 Å². The monoisotopic (exact) mass is 313 g/mol. The molecular weight excluding hydrogens is 302 g/mol. The van der Waals surface area contributed by atoms with Gasteiger partial charge in [-0.2, -0.15) is 0 Å². The summed E-state index contributed by atoms with van der Waals surface area (Å²) in [6.45, 7) is 0. The van der Waals surface area contributed by atoms with E-state index in [9.17, 15) is 4.79 Å². The Balaban J connectivity index is 1.90. The molecular formula is C17H12ClNO3. The summed E-state index contributed by atoms with van der Waals surface area (Å²) < 4.78 is 10.6. The Morgan fingerprint density at radius 3 is 2.50 bits per heavy atom. The average molecular weight is 314 g/mol. The standard InChI is InChI=1S/C17H12ClNO3/c1-21-13-6-4-11-5-7-14(10-12(11)9-13)22-17(20)15-3-2-8-19-16(15)18/h2-10H,1H3. The van der Waals surface area contributed by atoms with E-state index >= 15 is 0 Å². The summed E-state index contributed by atoms with van der Waals surface area (Å²) in [5.41, 5.74) is 0.231. The smallest absolute Gasteiger partial charge is 0.346 e. The molecule has 22 heavy (non-hydrogen) atoms. The normalized spacial score (nSPS) is 10.5. The maximum Gasteiger partial charge on any atom is 0.346 e. The van der Waals surface area contributed by atoms with Crippen molar-refractivity contribution in [1.82, 2.24) is 4.98 Å². The summed E-state index contributed by atoms with van der Waals surface area (Å²) in [4.78, 5) is 16.0. The van der Waals surface area contributed by atoms with E-state index in [0.717, 1.165) is 16.5 Å². The van der Waals surface area contributed by atoms with Gasteiger partial charge in [0.15, 0.2) is 0 Å². The second-order valence-corrected chi connectivity index (χ2v) is 4.96. The van der Waals surface area contributed by atoms with Crippen molar-refractivity contribution < 1.29 is 14.3 Å². The maximum absolute atomic E-state index is 12.1. The fourth-order valence-corrected chi connectivity index (χ4v) is 2.29. The summed E-state index contributed by atoms with van der Waals surface area (Å²) in [6, 6.07) is 14.3. The number of carbonyl (C=O) groups excluding carboxylic acids is 1. The van der Waals surface area contributed by atoms with Gasteiger partial charge in [0.05, 0.1) is 12.7 Å². The highest BCUT2D eigenvalue weighted by molar-refractivity contribution is 6.32. The highest BCUT2D eigenvalue weighted by Crippen LogP contribution is 2.25. The van der Waals surface area contributed by atoms with E-state index in [1.54, 1.807) is 31.4 Å². The Morgan fingerprint density at radius 1 is 1.05 bits per heavy atom. The Morgan fingerprint density at radius 2 is 1.77 bits per heavy atom. The van der Waals surface area contributed by atoms with Gasteiger partial charge in [0.25, 0.3) is 0 Å². The van der Waals surface area contributed by atoms with Crippen molar-refractivity contribution in [1.29, 1.82) is 0 Å². The van der Waals surface area contributed by atoms with Gasteiger partial charge in [-0.1, -0.05) is 23.7 Å². The number of methoxy groups -OCH3 is 1. The van der Waals surface area contributed by atoms with Crippen LogP contribution >= 0.6 is 11.6 Å². The van der Waals surface area contributed by atoms with Gasteiger partial charge >= 0.3 is 5.97 Å². The maximum atomic E-state index is 12.1. The minimum absolute atomic E-state index is 0.120. The lowest BCUT2D eigenvalue weighted by molar-refractivity contribution is 0.0735.